The molecule has 1 fully saturated rings. The van der Waals surface area contributed by atoms with Crippen molar-refractivity contribution in [2.24, 2.45) is 0 Å². The lowest BCUT2D eigenvalue weighted by molar-refractivity contribution is -0.0778. The number of halogens is 1. The van der Waals surface area contributed by atoms with Crippen LogP contribution in [0.3, 0.4) is 0 Å². The summed E-state index contributed by atoms with van der Waals surface area (Å²) < 4.78 is 17.9. The molecular formula is C27H24BrN3O6. The van der Waals surface area contributed by atoms with E-state index in [4.69, 9.17) is 20.6 Å². The van der Waals surface area contributed by atoms with Crippen molar-refractivity contribution in [3.05, 3.63) is 91.9 Å². The first kappa shape index (κ1) is 26.1. The Labute approximate surface area is 221 Å². The fourth-order valence-corrected chi connectivity index (χ4v) is 4.07. The van der Waals surface area contributed by atoms with Crippen molar-refractivity contribution >= 4 is 33.7 Å². The number of hydrogen-bond acceptors (Lipinski definition) is 8. The molecule has 1 aliphatic rings. The summed E-state index contributed by atoms with van der Waals surface area (Å²) in [5.41, 5.74) is 0.501. The number of nitrogens with zero attached hydrogens (tertiary/aromatic N) is 1. The van der Waals surface area contributed by atoms with Gasteiger partial charge in [-0.3, -0.25) is 0 Å². The fourth-order valence-electron chi connectivity index (χ4n) is 3.76. The standard InChI is InChI=1S/C27H24BrN3O6/c1-4-27(15-35-24(32)18-9-5-16(2)6-10-18)21(36-25(33)19-11-7-17(3)8-12-19)13-22(37-27)30-23-20(28)14-29-26(34)31-23/h1,5-12,14,21-22H,13,15H2,2-3H3,(H2,29,30,31,34). The monoisotopic (exact) mass is 565 g/mol. The summed E-state index contributed by atoms with van der Waals surface area (Å²) in [6, 6.07) is 13.7. The average Bonchev–Trinajstić information content (AvgIpc) is 3.22. The van der Waals surface area contributed by atoms with Gasteiger partial charge in [0.2, 0.25) is 5.60 Å². The SMILES string of the molecule is C#CC1(COC(=O)c2ccc(C)cc2)OC(Nc2nc(=O)[nH]cc2Br)CC1OC(=O)c1ccc(C)cc1. The zero-order valence-electron chi connectivity index (χ0n) is 20.1. The Morgan fingerprint density at radius 1 is 1.14 bits per heavy atom. The lowest BCUT2D eigenvalue weighted by Gasteiger charge is -2.28. The molecule has 9 nitrogen and oxygen atoms in total. The number of esters is 2. The summed E-state index contributed by atoms with van der Waals surface area (Å²) in [6.07, 6.45) is 5.63. The third-order valence-electron chi connectivity index (χ3n) is 5.85. The highest BCUT2D eigenvalue weighted by Gasteiger charge is 2.52. The minimum atomic E-state index is -1.59. The van der Waals surface area contributed by atoms with Gasteiger partial charge in [0.1, 0.15) is 18.7 Å². The second-order valence-corrected chi connectivity index (χ2v) is 9.48. The number of hydrogen-bond donors (Lipinski definition) is 2. The number of anilines is 1. The summed E-state index contributed by atoms with van der Waals surface area (Å²) in [5.74, 6) is 1.54. The minimum absolute atomic E-state index is 0.102. The van der Waals surface area contributed by atoms with Gasteiger partial charge in [-0.25, -0.2) is 14.4 Å². The number of aromatic amines is 1. The fraction of sp³-hybridized carbons (Fsp3) is 0.259. The van der Waals surface area contributed by atoms with Gasteiger partial charge in [0.15, 0.2) is 6.10 Å². The summed E-state index contributed by atoms with van der Waals surface area (Å²) in [7, 11) is 0. The molecule has 37 heavy (non-hydrogen) atoms. The first-order chi connectivity index (χ1) is 17.7. The molecular weight excluding hydrogens is 542 g/mol. The van der Waals surface area contributed by atoms with Crippen LogP contribution in [-0.4, -0.2) is 46.4 Å². The van der Waals surface area contributed by atoms with Gasteiger partial charge in [-0.2, -0.15) is 4.98 Å². The smallest absolute Gasteiger partial charge is 0.346 e. The molecule has 3 atom stereocenters. The van der Waals surface area contributed by atoms with Crippen molar-refractivity contribution in [2.45, 2.75) is 38.2 Å². The molecule has 4 rings (SSSR count). The third-order valence-corrected chi connectivity index (χ3v) is 6.45. The van der Waals surface area contributed by atoms with Gasteiger partial charge in [-0.15, -0.1) is 6.42 Å². The molecule has 2 N–H and O–H groups in total. The number of aryl methyl sites for hydroxylation is 2. The second-order valence-electron chi connectivity index (χ2n) is 8.62. The summed E-state index contributed by atoms with van der Waals surface area (Å²) in [5, 5.41) is 2.99. The predicted octanol–water partition coefficient (Wildman–Crippen LogP) is 3.76. The molecule has 0 bridgehead atoms. The number of ether oxygens (including phenoxy) is 3. The van der Waals surface area contributed by atoms with Gasteiger partial charge in [0.25, 0.3) is 0 Å². The van der Waals surface area contributed by atoms with E-state index in [1.54, 1.807) is 48.5 Å². The zero-order chi connectivity index (χ0) is 26.6. The number of nitrogens with one attached hydrogen (secondary N) is 2. The summed E-state index contributed by atoms with van der Waals surface area (Å²) in [6.45, 7) is 3.44. The van der Waals surface area contributed by atoms with Crippen molar-refractivity contribution in [3.63, 3.8) is 0 Å². The van der Waals surface area contributed by atoms with E-state index in [1.807, 2.05) is 13.8 Å². The maximum absolute atomic E-state index is 12.9. The molecule has 10 heteroatoms. The van der Waals surface area contributed by atoms with Crippen LogP contribution in [0.1, 0.15) is 38.3 Å². The lowest BCUT2D eigenvalue weighted by atomic mass is 9.98. The quantitative estimate of drug-likeness (QED) is 0.328. The van der Waals surface area contributed by atoms with E-state index in [1.165, 1.54) is 6.20 Å². The molecule has 2 heterocycles. The normalized spacial score (nSPS) is 20.6. The molecule has 0 aliphatic carbocycles. The van der Waals surface area contributed by atoms with Crippen LogP contribution in [0.5, 0.6) is 0 Å². The van der Waals surface area contributed by atoms with Crippen LogP contribution in [0, 0.1) is 26.2 Å². The Hall–Kier alpha value is -3.94. The second kappa shape index (κ2) is 11.0. The van der Waals surface area contributed by atoms with Crippen LogP contribution >= 0.6 is 15.9 Å². The molecule has 1 aromatic heterocycles. The maximum Gasteiger partial charge on any atom is 0.346 e. The van der Waals surface area contributed by atoms with Crippen LogP contribution in [0.4, 0.5) is 5.82 Å². The predicted molar refractivity (Wildman–Crippen MR) is 139 cm³/mol. The molecule has 0 spiro atoms. The van der Waals surface area contributed by atoms with Crippen LogP contribution in [0.2, 0.25) is 0 Å². The van der Waals surface area contributed by atoms with E-state index >= 15 is 0 Å². The third kappa shape index (κ3) is 6.07. The molecule has 0 radical (unpaired) electrons. The van der Waals surface area contributed by atoms with Crippen molar-refractivity contribution in [3.8, 4) is 12.3 Å². The van der Waals surface area contributed by atoms with E-state index in [9.17, 15) is 14.4 Å². The van der Waals surface area contributed by atoms with Gasteiger partial charge in [0, 0.05) is 12.6 Å². The van der Waals surface area contributed by atoms with Gasteiger partial charge in [-0.1, -0.05) is 41.3 Å². The number of aromatic nitrogens is 2. The molecule has 1 saturated heterocycles. The number of terminal acetylenes is 1. The van der Waals surface area contributed by atoms with Crippen molar-refractivity contribution in [1.29, 1.82) is 0 Å². The van der Waals surface area contributed by atoms with Gasteiger partial charge < -0.3 is 24.5 Å². The molecule has 0 saturated carbocycles. The van der Waals surface area contributed by atoms with Gasteiger partial charge in [0.05, 0.1) is 15.6 Å². The van der Waals surface area contributed by atoms with Gasteiger partial charge in [-0.05, 0) is 54.0 Å². The van der Waals surface area contributed by atoms with Crippen molar-refractivity contribution < 1.29 is 23.8 Å². The number of benzene rings is 2. The Morgan fingerprint density at radius 2 is 1.73 bits per heavy atom. The van der Waals surface area contributed by atoms with Crippen molar-refractivity contribution in [1.82, 2.24) is 9.97 Å². The van der Waals surface area contributed by atoms with Crippen LogP contribution in [-0.2, 0) is 14.2 Å². The maximum atomic E-state index is 12.9. The van der Waals surface area contributed by atoms with Gasteiger partial charge >= 0.3 is 17.6 Å². The van der Waals surface area contributed by atoms with Crippen molar-refractivity contribution in [2.75, 3.05) is 11.9 Å². The Kier molecular flexibility index (Phi) is 7.76. The van der Waals surface area contributed by atoms with E-state index in [0.717, 1.165) is 11.1 Å². The lowest BCUT2D eigenvalue weighted by Crippen LogP contribution is -2.45. The Bertz CT molecular complexity index is 1400. The largest absolute Gasteiger partial charge is 0.458 e. The van der Waals surface area contributed by atoms with Crippen LogP contribution in [0.15, 0.2) is 64.0 Å². The molecule has 0 amide bonds. The number of carbonyl (C=O) groups excluding carboxylic acids is 2. The van der Waals surface area contributed by atoms with E-state index in [0.29, 0.717) is 15.6 Å². The minimum Gasteiger partial charge on any atom is -0.458 e. The first-order valence-electron chi connectivity index (χ1n) is 11.4. The molecule has 2 aromatic carbocycles. The Morgan fingerprint density at radius 3 is 2.32 bits per heavy atom. The number of H-pyrrole nitrogens is 1. The number of carbonyl (C=O) groups is 2. The Balaban J connectivity index is 1.57. The van der Waals surface area contributed by atoms with E-state index in [2.05, 4.69) is 37.1 Å². The highest BCUT2D eigenvalue weighted by Crippen LogP contribution is 2.35. The highest BCUT2D eigenvalue weighted by molar-refractivity contribution is 9.10. The zero-order valence-corrected chi connectivity index (χ0v) is 21.7. The van der Waals surface area contributed by atoms with E-state index < -0.39 is 35.6 Å². The molecule has 190 valence electrons. The average molecular weight is 566 g/mol. The van der Waals surface area contributed by atoms with Crippen LogP contribution < -0.4 is 11.0 Å². The molecule has 3 unspecified atom stereocenters. The molecule has 3 aromatic rings. The summed E-state index contributed by atoms with van der Waals surface area (Å²) in [4.78, 5) is 43.6. The topological polar surface area (TPSA) is 120 Å². The van der Waals surface area contributed by atoms with E-state index in [-0.39, 0.29) is 18.8 Å². The first-order valence-corrected chi connectivity index (χ1v) is 12.2. The van der Waals surface area contributed by atoms with Crippen LogP contribution in [0.25, 0.3) is 0 Å². The number of rotatable bonds is 7. The molecule has 1 aliphatic heterocycles. The highest BCUT2D eigenvalue weighted by atomic mass is 79.9. The summed E-state index contributed by atoms with van der Waals surface area (Å²) >= 11 is 3.31.